The summed E-state index contributed by atoms with van der Waals surface area (Å²) >= 11 is 0. The van der Waals surface area contributed by atoms with Crippen LogP contribution >= 0.6 is 0 Å². The molecule has 0 aromatic rings. The van der Waals surface area contributed by atoms with E-state index in [-0.39, 0.29) is 18.1 Å². The zero-order valence-corrected chi connectivity index (χ0v) is 11.6. The van der Waals surface area contributed by atoms with Gasteiger partial charge in [-0.05, 0) is 27.2 Å². The zero-order valence-electron chi connectivity index (χ0n) is 10.7. The summed E-state index contributed by atoms with van der Waals surface area (Å²) in [5.41, 5.74) is -0.455. The standard InChI is InChI=1S/C11H22N2O2S/c1-6-11(4)10(14)13(9(3)12-11)8(2)7-16(5)15/h8-9,12H,6-7H2,1-5H3. The Kier molecular flexibility index (Phi) is 4.12. The maximum atomic E-state index is 12.3. The maximum absolute atomic E-state index is 12.3. The van der Waals surface area contributed by atoms with Crippen LogP contribution in [0.4, 0.5) is 0 Å². The zero-order chi connectivity index (χ0) is 12.5. The first kappa shape index (κ1) is 13.6. The molecule has 4 nitrogen and oxygen atoms in total. The number of amides is 1. The van der Waals surface area contributed by atoms with Crippen molar-refractivity contribution in [3.05, 3.63) is 0 Å². The first-order valence-electron chi connectivity index (χ1n) is 5.72. The minimum atomic E-state index is -0.870. The fourth-order valence-corrected chi connectivity index (χ4v) is 3.15. The lowest BCUT2D eigenvalue weighted by Crippen LogP contribution is -2.45. The van der Waals surface area contributed by atoms with Crippen LogP contribution in [0.3, 0.4) is 0 Å². The largest absolute Gasteiger partial charge is 0.322 e. The van der Waals surface area contributed by atoms with E-state index in [0.717, 1.165) is 6.42 Å². The van der Waals surface area contributed by atoms with Crippen LogP contribution < -0.4 is 5.32 Å². The van der Waals surface area contributed by atoms with Crippen molar-refractivity contribution in [2.45, 2.75) is 51.9 Å². The highest BCUT2D eigenvalue weighted by Gasteiger charge is 2.46. The van der Waals surface area contributed by atoms with Crippen molar-refractivity contribution in [1.29, 1.82) is 0 Å². The Labute approximate surface area is 100 Å². The van der Waals surface area contributed by atoms with Crippen molar-refractivity contribution >= 4 is 16.7 Å². The third-order valence-corrected chi connectivity index (χ3v) is 4.26. The summed E-state index contributed by atoms with van der Waals surface area (Å²) in [6.45, 7) is 7.87. The molecule has 1 rings (SSSR count). The van der Waals surface area contributed by atoms with E-state index in [1.54, 1.807) is 6.26 Å². The molecule has 1 aliphatic rings. The van der Waals surface area contributed by atoms with Crippen LogP contribution in [0.25, 0.3) is 0 Å². The van der Waals surface area contributed by atoms with E-state index in [4.69, 9.17) is 0 Å². The summed E-state index contributed by atoms with van der Waals surface area (Å²) in [6.07, 6.45) is 2.47. The molecule has 0 aromatic heterocycles. The Hall–Kier alpha value is -0.420. The van der Waals surface area contributed by atoms with Gasteiger partial charge < -0.3 is 4.90 Å². The molecule has 0 aromatic carbocycles. The number of rotatable bonds is 4. The maximum Gasteiger partial charge on any atom is 0.244 e. The second kappa shape index (κ2) is 4.84. The second-order valence-corrected chi connectivity index (χ2v) is 6.29. The topological polar surface area (TPSA) is 49.4 Å². The summed E-state index contributed by atoms with van der Waals surface area (Å²) in [6, 6.07) is 0.0224. The third-order valence-electron chi connectivity index (χ3n) is 3.31. The minimum absolute atomic E-state index is 0.0224. The summed E-state index contributed by atoms with van der Waals surface area (Å²) in [7, 11) is -0.870. The summed E-state index contributed by atoms with van der Waals surface area (Å²) < 4.78 is 11.2. The van der Waals surface area contributed by atoms with Crippen molar-refractivity contribution in [2.75, 3.05) is 12.0 Å². The molecular weight excluding hydrogens is 224 g/mol. The van der Waals surface area contributed by atoms with Crippen LogP contribution in [0.1, 0.15) is 34.1 Å². The van der Waals surface area contributed by atoms with Gasteiger partial charge in [0.2, 0.25) is 5.91 Å². The van der Waals surface area contributed by atoms with E-state index in [9.17, 15) is 9.00 Å². The van der Waals surface area contributed by atoms with Gasteiger partial charge in [0, 0.05) is 28.9 Å². The van der Waals surface area contributed by atoms with Crippen LogP contribution in [-0.2, 0) is 15.6 Å². The van der Waals surface area contributed by atoms with Gasteiger partial charge in [-0.3, -0.25) is 14.3 Å². The fraction of sp³-hybridized carbons (Fsp3) is 0.909. The molecule has 0 aliphatic carbocycles. The molecule has 5 heteroatoms. The van der Waals surface area contributed by atoms with Crippen molar-refractivity contribution in [2.24, 2.45) is 0 Å². The average Bonchev–Trinajstić information content (AvgIpc) is 2.37. The molecule has 16 heavy (non-hydrogen) atoms. The third kappa shape index (κ3) is 2.46. The van der Waals surface area contributed by atoms with E-state index in [1.165, 1.54) is 0 Å². The molecule has 0 saturated carbocycles. The molecule has 1 fully saturated rings. The molecule has 4 unspecified atom stereocenters. The predicted octanol–water partition coefficient (Wildman–Crippen LogP) is 0.700. The first-order valence-corrected chi connectivity index (χ1v) is 7.45. The molecule has 0 spiro atoms. The first-order chi connectivity index (χ1) is 7.31. The number of nitrogens with one attached hydrogen (secondary N) is 1. The number of carbonyl (C=O) groups is 1. The Morgan fingerprint density at radius 2 is 2.19 bits per heavy atom. The summed E-state index contributed by atoms with van der Waals surface area (Å²) in [4.78, 5) is 14.1. The molecule has 1 heterocycles. The lowest BCUT2D eigenvalue weighted by Gasteiger charge is -2.28. The van der Waals surface area contributed by atoms with E-state index in [2.05, 4.69) is 5.32 Å². The fourth-order valence-electron chi connectivity index (χ4n) is 2.31. The van der Waals surface area contributed by atoms with Crippen LogP contribution in [0, 0.1) is 0 Å². The number of nitrogens with zero attached hydrogens (tertiary/aromatic N) is 1. The average molecular weight is 246 g/mol. The number of carbonyl (C=O) groups excluding carboxylic acids is 1. The molecular formula is C11H22N2O2S. The molecule has 4 atom stereocenters. The van der Waals surface area contributed by atoms with Gasteiger partial charge in [0.1, 0.15) is 0 Å². The number of hydrogen-bond acceptors (Lipinski definition) is 3. The second-order valence-electron chi connectivity index (χ2n) is 4.81. The lowest BCUT2D eigenvalue weighted by atomic mass is 9.99. The van der Waals surface area contributed by atoms with Crippen LogP contribution in [0.2, 0.25) is 0 Å². The Morgan fingerprint density at radius 1 is 1.62 bits per heavy atom. The van der Waals surface area contributed by atoms with Crippen molar-refractivity contribution in [3.8, 4) is 0 Å². The van der Waals surface area contributed by atoms with Gasteiger partial charge in [-0.25, -0.2) is 0 Å². The SMILES string of the molecule is CCC1(C)NC(C)N(C(C)CS(C)=O)C1=O. The summed E-state index contributed by atoms with van der Waals surface area (Å²) in [5, 5.41) is 3.31. The Balaban J connectivity index is 2.82. The van der Waals surface area contributed by atoms with Gasteiger partial charge in [0.25, 0.3) is 0 Å². The molecule has 1 saturated heterocycles. The van der Waals surface area contributed by atoms with Crippen LogP contribution in [0.5, 0.6) is 0 Å². The van der Waals surface area contributed by atoms with Crippen molar-refractivity contribution in [1.82, 2.24) is 10.2 Å². The van der Waals surface area contributed by atoms with Gasteiger partial charge in [-0.1, -0.05) is 6.92 Å². The normalized spacial score (nSPS) is 34.2. The van der Waals surface area contributed by atoms with E-state index in [0.29, 0.717) is 5.75 Å². The Bertz CT molecular complexity index is 308. The molecule has 94 valence electrons. The van der Waals surface area contributed by atoms with E-state index < -0.39 is 16.3 Å². The van der Waals surface area contributed by atoms with Gasteiger partial charge in [0.15, 0.2) is 0 Å². The molecule has 1 N–H and O–H groups in total. The van der Waals surface area contributed by atoms with E-state index >= 15 is 0 Å². The lowest BCUT2D eigenvalue weighted by molar-refractivity contribution is -0.134. The highest BCUT2D eigenvalue weighted by molar-refractivity contribution is 7.84. The van der Waals surface area contributed by atoms with E-state index in [1.807, 2.05) is 32.6 Å². The molecule has 1 aliphatic heterocycles. The van der Waals surface area contributed by atoms with Gasteiger partial charge >= 0.3 is 0 Å². The predicted molar refractivity (Wildman–Crippen MR) is 66.5 cm³/mol. The highest BCUT2D eigenvalue weighted by atomic mass is 32.2. The quantitative estimate of drug-likeness (QED) is 0.794. The van der Waals surface area contributed by atoms with Crippen molar-refractivity contribution in [3.63, 3.8) is 0 Å². The van der Waals surface area contributed by atoms with Gasteiger partial charge in [0.05, 0.1) is 11.7 Å². The summed E-state index contributed by atoms with van der Waals surface area (Å²) in [5.74, 6) is 0.665. The van der Waals surface area contributed by atoms with Crippen molar-refractivity contribution < 1.29 is 9.00 Å². The van der Waals surface area contributed by atoms with Crippen LogP contribution in [0.15, 0.2) is 0 Å². The molecule has 0 bridgehead atoms. The Morgan fingerprint density at radius 3 is 2.56 bits per heavy atom. The molecule has 1 amide bonds. The van der Waals surface area contributed by atoms with Crippen LogP contribution in [-0.4, -0.2) is 44.8 Å². The van der Waals surface area contributed by atoms with Gasteiger partial charge in [-0.15, -0.1) is 0 Å². The monoisotopic (exact) mass is 246 g/mol. The van der Waals surface area contributed by atoms with Gasteiger partial charge in [-0.2, -0.15) is 0 Å². The minimum Gasteiger partial charge on any atom is -0.322 e. The smallest absolute Gasteiger partial charge is 0.244 e. The number of hydrogen-bond donors (Lipinski definition) is 1. The highest BCUT2D eigenvalue weighted by Crippen LogP contribution is 2.25. The molecule has 0 radical (unpaired) electrons.